The lowest BCUT2D eigenvalue weighted by molar-refractivity contribution is 0.0949. The van der Waals surface area contributed by atoms with E-state index in [2.05, 4.69) is 35.8 Å². The van der Waals surface area contributed by atoms with Crippen molar-refractivity contribution in [1.29, 1.82) is 0 Å². The highest BCUT2D eigenvalue weighted by atomic mass is 35.5. The first kappa shape index (κ1) is 21.5. The Labute approximate surface area is 191 Å². The summed E-state index contributed by atoms with van der Waals surface area (Å²) < 4.78 is 6.01. The summed E-state index contributed by atoms with van der Waals surface area (Å²) in [4.78, 5) is 13.9. The molecule has 0 saturated carbocycles. The Morgan fingerprint density at radius 1 is 1.19 bits per heavy atom. The predicted octanol–water partition coefficient (Wildman–Crippen LogP) is 3.33. The average Bonchev–Trinajstić information content (AvgIpc) is 3.42. The molecule has 0 aliphatic heterocycles. The topological polar surface area (TPSA) is 137 Å². The summed E-state index contributed by atoms with van der Waals surface area (Å²) in [5.74, 6) is 0.0279. The smallest absolute Gasteiger partial charge is 0.293 e. The molecule has 0 aliphatic rings. The third-order valence-electron chi connectivity index (χ3n) is 4.38. The molecule has 0 unspecified atom stereocenters. The van der Waals surface area contributed by atoms with Crippen molar-refractivity contribution in [2.24, 2.45) is 5.10 Å². The van der Waals surface area contributed by atoms with Crippen molar-refractivity contribution in [3.63, 3.8) is 0 Å². The van der Waals surface area contributed by atoms with Gasteiger partial charge in [0.15, 0.2) is 5.69 Å². The fourth-order valence-corrected chi connectivity index (χ4v) is 3.77. The zero-order chi connectivity index (χ0) is 22.5. The lowest BCUT2D eigenvalue weighted by Gasteiger charge is -2.06. The summed E-state index contributed by atoms with van der Waals surface area (Å²) in [6.07, 6.45) is 0. The molecule has 0 aliphatic carbocycles. The molecular weight excluding hydrogens is 452 g/mol. The van der Waals surface area contributed by atoms with E-state index in [1.54, 1.807) is 19.1 Å². The zero-order valence-corrected chi connectivity index (χ0v) is 18.3. The second-order valence-electron chi connectivity index (χ2n) is 6.52. The lowest BCUT2D eigenvalue weighted by Crippen LogP contribution is -2.21. The molecule has 32 heavy (non-hydrogen) atoms. The molecule has 4 rings (SSSR count). The molecule has 0 bridgehead atoms. The molecule has 2 heterocycles. The summed E-state index contributed by atoms with van der Waals surface area (Å²) in [5, 5.41) is 20.2. The van der Waals surface area contributed by atoms with E-state index in [-0.39, 0.29) is 17.3 Å². The van der Waals surface area contributed by atoms with Gasteiger partial charge in [0.05, 0.1) is 11.4 Å². The van der Waals surface area contributed by atoms with Crippen LogP contribution >= 0.6 is 23.4 Å². The first-order chi connectivity index (χ1) is 15.5. The molecule has 0 atom stereocenters. The minimum atomic E-state index is -0.525. The van der Waals surface area contributed by atoms with Gasteiger partial charge >= 0.3 is 0 Å². The molecule has 4 aromatic rings. The number of halogens is 1. The van der Waals surface area contributed by atoms with Crippen LogP contribution in [0.15, 0.2) is 69.2 Å². The molecule has 2 aromatic carbocycles. The Hall–Kier alpha value is -3.70. The van der Waals surface area contributed by atoms with Gasteiger partial charge in [0, 0.05) is 15.7 Å². The van der Waals surface area contributed by atoms with Crippen molar-refractivity contribution in [3.8, 4) is 5.82 Å². The number of nitrogens with zero attached hydrogens (tertiary/aromatic N) is 6. The molecule has 2 aromatic heterocycles. The van der Waals surface area contributed by atoms with Crippen molar-refractivity contribution in [2.45, 2.75) is 17.6 Å². The maximum absolute atomic E-state index is 12.9. The maximum Gasteiger partial charge on any atom is 0.293 e. The van der Waals surface area contributed by atoms with Crippen LogP contribution in [0.5, 0.6) is 0 Å². The van der Waals surface area contributed by atoms with Crippen molar-refractivity contribution >= 4 is 40.8 Å². The van der Waals surface area contributed by atoms with Gasteiger partial charge in [-0.25, -0.2) is 10.1 Å². The molecule has 0 fully saturated rings. The first-order valence-electron chi connectivity index (χ1n) is 9.34. The third-order valence-corrected chi connectivity index (χ3v) is 5.66. The Bertz CT molecular complexity index is 1250. The second-order valence-corrected chi connectivity index (χ2v) is 8.00. The van der Waals surface area contributed by atoms with E-state index in [4.69, 9.17) is 17.3 Å². The number of rotatable bonds is 7. The number of benzene rings is 2. The predicted molar refractivity (Wildman–Crippen MR) is 121 cm³/mol. The molecule has 3 N–H and O–H groups in total. The number of thioether (sulfide) groups is 1. The van der Waals surface area contributed by atoms with Crippen LogP contribution in [-0.2, 0) is 5.75 Å². The molecule has 1 amide bonds. The number of aromatic nitrogens is 5. The minimum absolute atomic E-state index is 0.0319. The molecule has 12 heteroatoms. The van der Waals surface area contributed by atoms with Gasteiger partial charge in [0.25, 0.3) is 5.91 Å². The number of nitrogens with two attached hydrogens (primary N) is 1. The number of anilines is 1. The number of carbonyl (C=O) groups is 1. The summed E-state index contributed by atoms with van der Waals surface area (Å²) in [7, 11) is 0. The van der Waals surface area contributed by atoms with Gasteiger partial charge in [-0.05, 0) is 47.1 Å². The van der Waals surface area contributed by atoms with Crippen LogP contribution in [0.25, 0.3) is 5.82 Å². The van der Waals surface area contributed by atoms with E-state index < -0.39 is 5.91 Å². The SMILES string of the molecule is CC(=NNC(=O)c1nnn(-c2nonc2N)c1CSc1ccccc1)c1ccc(Cl)cc1. The average molecular weight is 469 g/mol. The highest BCUT2D eigenvalue weighted by Crippen LogP contribution is 2.25. The van der Waals surface area contributed by atoms with Gasteiger partial charge < -0.3 is 5.73 Å². The zero-order valence-electron chi connectivity index (χ0n) is 16.8. The van der Waals surface area contributed by atoms with E-state index in [1.165, 1.54) is 16.4 Å². The Balaban J connectivity index is 1.60. The molecular formula is C20H17ClN8O2S. The molecule has 0 radical (unpaired) electrons. The number of amides is 1. The highest BCUT2D eigenvalue weighted by molar-refractivity contribution is 7.98. The molecule has 10 nitrogen and oxygen atoms in total. The van der Waals surface area contributed by atoms with Crippen molar-refractivity contribution in [2.75, 3.05) is 5.73 Å². The third kappa shape index (κ3) is 4.79. The normalized spacial score (nSPS) is 11.5. The number of nitrogen functional groups attached to an aromatic ring is 1. The van der Waals surface area contributed by atoms with Crippen LogP contribution in [0.2, 0.25) is 5.02 Å². The van der Waals surface area contributed by atoms with Crippen molar-refractivity contribution in [3.05, 3.63) is 76.6 Å². The van der Waals surface area contributed by atoms with Crippen LogP contribution in [0.1, 0.15) is 28.7 Å². The summed E-state index contributed by atoms with van der Waals surface area (Å²) in [6.45, 7) is 1.77. The van der Waals surface area contributed by atoms with Crippen LogP contribution < -0.4 is 11.2 Å². The summed E-state index contributed by atoms with van der Waals surface area (Å²) >= 11 is 7.42. The molecule has 162 valence electrons. The molecule has 0 spiro atoms. The monoisotopic (exact) mass is 468 g/mol. The highest BCUT2D eigenvalue weighted by Gasteiger charge is 2.24. The summed E-state index contributed by atoms with van der Waals surface area (Å²) in [6, 6.07) is 16.8. The lowest BCUT2D eigenvalue weighted by atomic mass is 10.1. The maximum atomic E-state index is 12.9. The van der Waals surface area contributed by atoms with Gasteiger partial charge in [-0.15, -0.1) is 16.9 Å². The van der Waals surface area contributed by atoms with E-state index in [0.717, 1.165) is 10.5 Å². The van der Waals surface area contributed by atoms with Crippen molar-refractivity contribution in [1.82, 2.24) is 30.7 Å². The fraction of sp³-hybridized carbons (Fsp3) is 0.100. The number of nitrogens with one attached hydrogen (secondary N) is 1. The first-order valence-corrected chi connectivity index (χ1v) is 10.7. The Morgan fingerprint density at radius 2 is 1.94 bits per heavy atom. The van der Waals surface area contributed by atoms with Gasteiger partial charge in [-0.3, -0.25) is 4.79 Å². The van der Waals surface area contributed by atoms with Gasteiger partial charge in [0.2, 0.25) is 11.6 Å². The van der Waals surface area contributed by atoms with Crippen LogP contribution in [0.3, 0.4) is 0 Å². The number of hydrogen-bond donors (Lipinski definition) is 2. The van der Waals surface area contributed by atoms with E-state index >= 15 is 0 Å². The number of carbonyl (C=O) groups excluding carboxylic acids is 1. The van der Waals surface area contributed by atoms with Gasteiger partial charge in [0.1, 0.15) is 0 Å². The van der Waals surface area contributed by atoms with Crippen molar-refractivity contribution < 1.29 is 9.42 Å². The fourth-order valence-electron chi connectivity index (χ4n) is 2.73. The quantitative estimate of drug-likeness (QED) is 0.239. The van der Waals surface area contributed by atoms with E-state index in [9.17, 15) is 4.79 Å². The largest absolute Gasteiger partial charge is 0.378 e. The molecule has 0 saturated heterocycles. The standard InChI is InChI=1S/C20H17ClN8O2S/c1-12(13-7-9-14(21)10-8-13)23-25-20(30)17-16(11-32-15-5-3-2-4-6-15)29(28-24-17)19-18(22)26-31-27-19/h2-10H,11H2,1H3,(H2,22,26)(H,25,30). The second kappa shape index (κ2) is 9.62. The van der Waals surface area contributed by atoms with E-state index in [0.29, 0.717) is 22.2 Å². The summed E-state index contributed by atoms with van der Waals surface area (Å²) in [5.41, 5.74) is 10.3. The van der Waals surface area contributed by atoms with Crippen LogP contribution in [0, 0.1) is 0 Å². The van der Waals surface area contributed by atoms with E-state index in [1.807, 2.05) is 42.5 Å². The minimum Gasteiger partial charge on any atom is -0.378 e. The Morgan fingerprint density at radius 3 is 2.62 bits per heavy atom. The van der Waals surface area contributed by atoms with Gasteiger partial charge in [-0.2, -0.15) is 9.78 Å². The number of hydrogen-bond acceptors (Lipinski definition) is 9. The van der Waals surface area contributed by atoms with Crippen LogP contribution in [-0.4, -0.2) is 36.9 Å². The number of hydrazone groups is 1. The van der Waals surface area contributed by atoms with Gasteiger partial charge in [-0.1, -0.05) is 47.1 Å². The Kier molecular flexibility index (Phi) is 6.47. The van der Waals surface area contributed by atoms with Crippen LogP contribution in [0.4, 0.5) is 5.82 Å².